The van der Waals surface area contributed by atoms with E-state index in [4.69, 9.17) is 5.11 Å². The van der Waals surface area contributed by atoms with Gasteiger partial charge in [-0.1, -0.05) is 0 Å². The molecule has 2 amide bonds. The van der Waals surface area contributed by atoms with Crippen LogP contribution in [-0.4, -0.2) is 52.4 Å². The van der Waals surface area contributed by atoms with Crippen molar-refractivity contribution in [3.8, 4) is 5.88 Å². The van der Waals surface area contributed by atoms with E-state index in [1.54, 1.807) is 4.90 Å². The average Bonchev–Trinajstić information content (AvgIpc) is 2.59. The van der Waals surface area contributed by atoms with E-state index < -0.39 is 11.6 Å². The van der Waals surface area contributed by atoms with Crippen molar-refractivity contribution in [3.05, 3.63) is 42.0 Å². The van der Waals surface area contributed by atoms with E-state index in [1.165, 1.54) is 18.2 Å². The number of benzene rings is 1. The molecule has 1 aliphatic heterocycles. The molecule has 126 valence electrons. The van der Waals surface area contributed by atoms with Gasteiger partial charge in [-0.05, 0) is 18.2 Å². The lowest BCUT2D eigenvalue weighted by atomic mass is 10.2. The molecule has 0 saturated carbocycles. The van der Waals surface area contributed by atoms with Crippen LogP contribution in [0.2, 0.25) is 0 Å². The first-order valence-corrected chi connectivity index (χ1v) is 7.31. The van der Waals surface area contributed by atoms with Crippen LogP contribution in [0.5, 0.6) is 5.88 Å². The highest BCUT2D eigenvalue weighted by molar-refractivity contribution is 5.88. The second-order valence-electron chi connectivity index (χ2n) is 5.28. The summed E-state index contributed by atoms with van der Waals surface area (Å²) in [6, 6.07) is 6.19. The third-order valence-corrected chi connectivity index (χ3v) is 3.72. The normalized spacial score (nSPS) is 14.6. The molecule has 0 spiro atoms. The summed E-state index contributed by atoms with van der Waals surface area (Å²) in [6.07, 6.45) is 0. The van der Waals surface area contributed by atoms with Crippen LogP contribution in [-0.2, 0) is 0 Å². The second-order valence-corrected chi connectivity index (χ2v) is 5.28. The first-order chi connectivity index (χ1) is 11.5. The summed E-state index contributed by atoms with van der Waals surface area (Å²) in [5, 5.41) is 18.7. The number of carbonyl (C=O) groups excluding carboxylic acids is 1. The molecular formula is C15H15F2N5O2. The maximum Gasteiger partial charge on any atom is 0.323 e. The standard InChI is InChI=1S/C15H15F2N5O2/c16-11-2-1-10(9-12(11)17)21-5-7-22(8-6-21)15(24)18-13-3-4-14(23)20-19-13/h1-4,9H,5-8H2,(H,20,23)(H,18,19,24). The van der Waals surface area contributed by atoms with Crippen molar-refractivity contribution in [2.45, 2.75) is 0 Å². The molecule has 1 fully saturated rings. The lowest BCUT2D eigenvalue weighted by Crippen LogP contribution is -2.50. The Labute approximate surface area is 136 Å². The molecule has 9 heteroatoms. The maximum atomic E-state index is 13.3. The van der Waals surface area contributed by atoms with E-state index in [-0.39, 0.29) is 17.7 Å². The number of urea groups is 1. The highest BCUT2D eigenvalue weighted by Crippen LogP contribution is 2.19. The van der Waals surface area contributed by atoms with E-state index in [1.807, 2.05) is 4.90 Å². The van der Waals surface area contributed by atoms with Crippen LogP contribution in [0.1, 0.15) is 0 Å². The van der Waals surface area contributed by atoms with E-state index >= 15 is 0 Å². The Kier molecular flexibility index (Phi) is 4.41. The first-order valence-electron chi connectivity index (χ1n) is 7.31. The quantitative estimate of drug-likeness (QED) is 0.875. The van der Waals surface area contributed by atoms with Crippen LogP contribution in [0.25, 0.3) is 0 Å². The molecule has 0 atom stereocenters. The third-order valence-electron chi connectivity index (χ3n) is 3.72. The van der Waals surface area contributed by atoms with E-state index in [2.05, 4.69) is 15.5 Å². The Bertz CT molecular complexity index is 733. The number of hydrogen-bond donors (Lipinski definition) is 2. The maximum absolute atomic E-state index is 13.3. The molecule has 2 aromatic rings. The Morgan fingerprint density at radius 3 is 2.42 bits per heavy atom. The Morgan fingerprint density at radius 2 is 1.79 bits per heavy atom. The minimum absolute atomic E-state index is 0.229. The minimum atomic E-state index is -0.890. The Hall–Kier alpha value is -2.97. The molecule has 3 rings (SSSR count). The van der Waals surface area contributed by atoms with Gasteiger partial charge in [0, 0.05) is 44.0 Å². The molecule has 0 unspecified atom stereocenters. The van der Waals surface area contributed by atoms with Gasteiger partial charge in [-0.25, -0.2) is 13.6 Å². The number of amides is 2. The molecule has 2 N–H and O–H groups in total. The van der Waals surface area contributed by atoms with E-state index in [0.717, 1.165) is 12.1 Å². The Balaban J connectivity index is 1.57. The van der Waals surface area contributed by atoms with Crippen LogP contribution in [0.3, 0.4) is 0 Å². The number of aromatic nitrogens is 2. The molecule has 0 radical (unpaired) electrons. The summed E-state index contributed by atoms with van der Waals surface area (Å²) >= 11 is 0. The zero-order chi connectivity index (χ0) is 17.1. The van der Waals surface area contributed by atoms with Crippen molar-refractivity contribution in [2.24, 2.45) is 0 Å². The predicted octanol–water partition coefficient (Wildman–Crippen LogP) is 1.81. The molecule has 0 aliphatic carbocycles. The molecule has 0 bridgehead atoms. The lowest BCUT2D eigenvalue weighted by Gasteiger charge is -2.36. The number of anilines is 2. The molecule has 7 nitrogen and oxygen atoms in total. The van der Waals surface area contributed by atoms with Crippen molar-refractivity contribution in [2.75, 3.05) is 36.4 Å². The van der Waals surface area contributed by atoms with Crippen LogP contribution >= 0.6 is 0 Å². The fourth-order valence-corrected chi connectivity index (χ4v) is 2.43. The van der Waals surface area contributed by atoms with Crippen LogP contribution in [0, 0.1) is 11.6 Å². The van der Waals surface area contributed by atoms with Gasteiger partial charge in [0.25, 0.3) is 0 Å². The number of piperazine rings is 1. The van der Waals surface area contributed by atoms with Crippen molar-refractivity contribution >= 4 is 17.5 Å². The van der Waals surface area contributed by atoms with Crippen LogP contribution in [0.15, 0.2) is 30.3 Å². The van der Waals surface area contributed by atoms with Gasteiger partial charge in [0.1, 0.15) is 0 Å². The lowest BCUT2D eigenvalue weighted by molar-refractivity contribution is 0.208. The van der Waals surface area contributed by atoms with Gasteiger partial charge in [-0.15, -0.1) is 10.2 Å². The summed E-state index contributed by atoms with van der Waals surface area (Å²) in [5.74, 6) is -1.76. The topological polar surface area (TPSA) is 81.6 Å². The summed E-state index contributed by atoms with van der Waals surface area (Å²) in [6.45, 7) is 1.85. The second kappa shape index (κ2) is 6.65. The van der Waals surface area contributed by atoms with Crippen molar-refractivity contribution in [1.29, 1.82) is 0 Å². The number of halogens is 2. The zero-order valence-corrected chi connectivity index (χ0v) is 12.6. The van der Waals surface area contributed by atoms with Crippen molar-refractivity contribution in [3.63, 3.8) is 0 Å². The highest BCUT2D eigenvalue weighted by atomic mass is 19.2. The van der Waals surface area contributed by atoms with Gasteiger partial charge < -0.3 is 14.9 Å². The zero-order valence-electron chi connectivity index (χ0n) is 12.6. The molecule has 1 aromatic heterocycles. The van der Waals surface area contributed by atoms with Gasteiger partial charge >= 0.3 is 6.03 Å². The fraction of sp³-hybridized carbons (Fsp3) is 0.267. The van der Waals surface area contributed by atoms with Gasteiger partial charge in [0.2, 0.25) is 5.88 Å². The monoisotopic (exact) mass is 335 g/mol. The molecule has 2 heterocycles. The molecule has 1 aromatic carbocycles. The van der Waals surface area contributed by atoms with Crippen molar-refractivity contribution in [1.82, 2.24) is 15.1 Å². The van der Waals surface area contributed by atoms with Gasteiger partial charge in [-0.3, -0.25) is 5.32 Å². The number of carbonyl (C=O) groups is 1. The number of aromatic hydroxyl groups is 1. The molecule has 24 heavy (non-hydrogen) atoms. The highest BCUT2D eigenvalue weighted by Gasteiger charge is 2.22. The molecule has 1 aliphatic rings. The largest absolute Gasteiger partial charge is 0.492 e. The van der Waals surface area contributed by atoms with Crippen LogP contribution < -0.4 is 10.2 Å². The van der Waals surface area contributed by atoms with Crippen LogP contribution in [0.4, 0.5) is 25.1 Å². The fourth-order valence-electron chi connectivity index (χ4n) is 2.43. The summed E-state index contributed by atoms with van der Waals surface area (Å²) in [4.78, 5) is 15.6. The summed E-state index contributed by atoms with van der Waals surface area (Å²) in [5.41, 5.74) is 0.582. The number of rotatable bonds is 2. The summed E-state index contributed by atoms with van der Waals surface area (Å²) < 4.78 is 26.3. The van der Waals surface area contributed by atoms with Gasteiger partial charge in [0.15, 0.2) is 17.5 Å². The Morgan fingerprint density at radius 1 is 1.04 bits per heavy atom. The van der Waals surface area contributed by atoms with Gasteiger partial charge in [0.05, 0.1) is 0 Å². The summed E-state index contributed by atoms with van der Waals surface area (Å²) in [7, 11) is 0. The SMILES string of the molecule is O=C(Nc1ccc(O)nn1)N1CCN(c2ccc(F)c(F)c2)CC1. The molecule has 1 saturated heterocycles. The van der Waals surface area contributed by atoms with Gasteiger partial charge in [-0.2, -0.15) is 0 Å². The predicted molar refractivity (Wildman–Crippen MR) is 82.9 cm³/mol. The van der Waals surface area contributed by atoms with Crippen molar-refractivity contribution < 1.29 is 18.7 Å². The van der Waals surface area contributed by atoms with E-state index in [9.17, 15) is 13.6 Å². The average molecular weight is 335 g/mol. The molecular weight excluding hydrogens is 320 g/mol. The number of hydrogen-bond acceptors (Lipinski definition) is 5. The number of nitrogens with zero attached hydrogens (tertiary/aromatic N) is 4. The third kappa shape index (κ3) is 3.50. The first kappa shape index (κ1) is 15.9. The smallest absolute Gasteiger partial charge is 0.323 e. The minimum Gasteiger partial charge on any atom is -0.492 e. The number of nitrogens with one attached hydrogen (secondary N) is 1. The van der Waals surface area contributed by atoms with E-state index in [0.29, 0.717) is 31.9 Å².